The van der Waals surface area contributed by atoms with Crippen LogP contribution in [-0.4, -0.2) is 26.6 Å². The SMILES string of the molecule is c1ccc(B2c3cccnc3C3(c4cnccc4Sc4ccncc43)c3ncccc32)cc1. The van der Waals surface area contributed by atoms with Crippen molar-refractivity contribution in [3.8, 4) is 0 Å². The van der Waals surface area contributed by atoms with Gasteiger partial charge in [0.15, 0.2) is 0 Å². The Balaban J connectivity index is 1.67. The van der Waals surface area contributed by atoms with E-state index < -0.39 is 5.41 Å². The minimum atomic E-state index is -0.670. The second-order valence-electron chi connectivity index (χ2n) is 8.32. The maximum atomic E-state index is 5.06. The summed E-state index contributed by atoms with van der Waals surface area (Å²) in [5, 5.41) is 0. The second kappa shape index (κ2) is 7.12. The van der Waals surface area contributed by atoms with Crippen LogP contribution in [0.1, 0.15) is 22.5 Å². The molecule has 2 aliphatic heterocycles. The van der Waals surface area contributed by atoms with Gasteiger partial charge in [-0.2, -0.15) is 0 Å². The summed E-state index contributed by atoms with van der Waals surface area (Å²) in [6.07, 6.45) is 11.5. The number of aromatic nitrogens is 4. The Morgan fingerprint density at radius 2 is 1.18 bits per heavy atom. The lowest BCUT2D eigenvalue weighted by atomic mass is 9.32. The normalized spacial score (nSPS) is 14.7. The Bertz CT molecular complexity index is 1430. The molecule has 0 radical (unpaired) electrons. The molecule has 7 rings (SSSR count). The topological polar surface area (TPSA) is 51.6 Å². The molecule has 0 saturated heterocycles. The van der Waals surface area contributed by atoms with E-state index in [0.29, 0.717) is 0 Å². The van der Waals surface area contributed by atoms with Gasteiger partial charge in [-0.15, -0.1) is 0 Å². The van der Waals surface area contributed by atoms with E-state index in [1.165, 1.54) is 26.2 Å². The molecule has 0 unspecified atom stereocenters. The fourth-order valence-corrected chi connectivity index (χ4v) is 6.62. The molecule has 0 amide bonds. The molecular formula is C27H17BN4S. The Morgan fingerprint density at radius 1 is 0.606 bits per heavy atom. The van der Waals surface area contributed by atoms with Gasteiger partial charge >= 0.3 is 0 Å². The molecule has 0 saturated carbocycles. The predicted molar refractivity (Wildman–Crippen MR) is 131 cm³/mol. The fourth-order valence-electron chi connectivity index (χ4n) is 5.49. The number of hydrogen-bond donors (Lipinski definition) is 0. The van der Waals surface area contributed by atoms with Gasteiger partial charge in [0, 0.05) is 58.1 Å². The highest BCUT2D eigenvalue weighted by Crippen LogP contribution is 2.54. The van der Waals surface area contributed by atoms with E-state index in [1.54, 1.807) is 11.8 Å². The minimum Gasteiger partial charge on any atom is -0.264 e. The smallest absolute Gasteiger partial charge is 0.246 e. The minimum absolute atomic E-state index is 0.0547. The molecule has 1 aromatic carbocycles. The van der Waals surface area contributed by atoms with Crippen molar-refractivity contribution in [1.82, 2.24) is 19.9 Å². The first-order valence-electron chi connectivity index (χ1n) is 10.9. The monoisotopic (exact) mass is 440 g/mol. The number of rotatable bonds is 1. The van der Waals surface area contributed by atoms with E-state index in [0.717, 1.165) is 22.5 Å². The summed E-state index contributed by atoms with van der Waals surface area (Å²) < 4.78 is 0. The van der Waals surface area contributed by atoms with Crippen LogP contribution in [0.15, 0.2) is 114 Å². The third-order valence-electron chi connectivity index (χ3n) is 6.73. The largest absolute Gasteiger partial charge is 0.264 e. The van der Waals surface area contributed by atoms with Crippen molar-refractivity contribution < 1.29 is 0 Å². The number of fused-ring (bicyclic) bond motifs is 8. The summed E-state index contributed by atoms with van der Waals surface area (Å²) in [6, 6.07) is 23.3. The summed E-state index contributed by atoms with van der Waals surface area (Å²) in [4.78, 5) is 21.6. The Hall–Kier alpha value is -3.77. The summed E-state index contributed by atoms with van der Waals surface area (Å²) in [7, 11) is 0. The van der Waals surface area contributed by atoms with Gasteiger partial charge in [-0.1, -0.05) is 59.7 Å². The third kappa shape index (κ3) is 2.50. The molecule has 33 heavy (non-hydrogen) atoms. The molecule has 4 nitrogen and oxygen atoms in total. The molecule has 0 fully saturated rings. The Kier molecular flexibility index (Phi) is 4.05. The number of hydrogen-bond acceptors (Lipinski definition) is 5. The van der Waals surface area contributed by atoms with E-state index in [2.05, 4.69) is 64.6 Å². The van der Waals surface area contributed by atoms with Gasteiger partial charge in [0.2, 0.25) is 6.71 Å². The van der Waals surface area contributed by atoms with Gasteiger partial charge in [0.25, 0.3) is 0 Å². The first kappa shape index (κ1) is 18.8. The Morgan fingerprint density at radius 3 is 1.76 bits per heavy atom. The summed E-state index contributed by atoms with van der Waals surface area (Å²) in [5.74, 6) is 0. The van der Waals surface area contributed by atoms with Crippen LogP contribution in [0.3, 0.4) is 0 Å². The second-order valence-corrected chi connectivity index (χ2v) is 9.41. The molecule has 4 aromatic heterocycles. The van der Waals surface area contributed by atoms with E-state index >= 15 is 0 Å². The molecule has 6 heterocycles. The van der Waals surface area contributed by atoms with Crippen LogP contribution >= 0.6 is 11.8 Å². The van der Waals surface area contributed by atoms with Gasteiger partial charge in [-0.25, -0.2) is 0 Å². The van der Waals surface area contributed by atoms with E-state index in [9.17, 15) is 0 Å². The molecule has 0 N–H and O–H groups in total. The zero-order valence-electron chi connectivity index (χ0n) is 17.6. The predicted octanol–water partition coefficient (Wildman–Crippen LogP) is 2.94. The first-order chi connectivity index (χ1) is 16.4. The van der Waals surface area contributed by atoms with Crippen LogP contribution < -0.4 is 16.4 Å². The van der Waals surface area contributed by atoms with Crippen LogP contribution in [0.5, 0.6) is 0 Å². The lowest BCUT2D eigenvalue weighted by molar-refractivity contribution is 0.651. The van der Waals surface area contributed by atoms with Crippen LogP contribution in [0.25, 0.3) is 0 Å². The molecule has 0 aliphatic carbocycles. The van der Waals surface area contributed by atoms with E-state index in [1.807, 2.05) is 49.3 Å². The zero-order chi connectivity index (χ0) is 21.8. The molecule has 154 valence electrons. The van der Waals surface area contributed by atoms with Crippen LogP contribution in [0, 0.1) is 0 Å². The van der Waals surface area contributed by atoms with Crippen LogP contribution in [-0.2, 0) is 5.41 Å². The number of pyridine rings is 4. The van der Waals surface area contributed by atoms with Gasteiger partial charge in [0.1, 0.15) is 5.41 Å². The van der Waals surface area contributed by atoms with Crippen molar-refractivity contribution in [3.63, 3.8) is 0 Å². The van der Waals surface area contributed by atoms with Crippen molar-refractivity contribution >= 4 is 34.9 Å². The zero-order valence-corrected chi connectivity index (χ0v) is 18.4. The van der Waals surface area contributed by atoms with Gasteiger partial charge in [-0.3, -0.25) is 19.9 Å². The molecule has 2 aliphatic rings. The highest BCUT2D eigenvalue weighted by Gasteiger charge is 2.53. The molecule has 5 aromatic rings. The van der Waals surface area contributed by atoms with Crippen molar-refractivity contribution in [2.45, 2.75) is 15.2 Å². The van der Waals surface area contributed by atoms with Crippen molar-refractivity contribution in [1.29, 1.82) is 0 Å². The highest BCUT2D eigenvalue weighted by molar-refractivity contribution is 7.99. The number of nitrogens with zero attached hydrogens (tertiary/aromatic N) is 4. The molecule has 1 spiro atoms. The third-order valence-corrected chi connectivity index (χ3v) is 7.89. The summed E-state index contributed by atoms with van der Waals surface area (Å²) in [6.45, 7) is 0.0547. The van der Waals surface area contributed by atoms with Gasteiger partial charge in [0.05, 0.1) is 11.4 Å². The quantitative estimate of drug-likeness (QED) is 0.368. The van der Waals surface area contributed by atoms with Crippen molar-refractivity contribution in [3.05, 3.63) is 126 Å². The van der Waals surface area contributed by atoms with Crippen molar-refractivity contribution in [2.75, 3.05) is 0 Å². The maximum Gasteiger partial charge on any atom is 0.246 e. The lowest BCUT2D eigenvalue weighted by Gasteiger charge is -2.44. The van der Waals surface area contributed by atoms with E-state index in [4.69, 9.17) is 9.97 Å². The fraction of sp³-hybridized carbons (Fsp3) is 0.0370. The molecule has 0 bridgehead atoms. The molecule has 6 heteroatoms. The Labute approximate surface area is 196 Å². The van der Waals surface area contributed by atoms with Crippen LogP contribution in [0.2, 0.25) is 0 Å². The standard InChI is InChI=1S/C27H17BN4S/c1-2-6-18(7-3-1)28-21-8-4-12-31-25(21)27(26-22(28)9-5-13-32-26)19-16-29-14-10-23(19)33-24-11-15-30-17-20(24)27/h1-17H. The summed E-state index contributed by atoms with van der Waals surface area (Å²) >= 11 is 1.76. The summed E-state index contributed by atoms with van der Waals surface area (Å²) in [5.41, 5.74) is 7.20. The van der Waals surface area contributed by atoms with Crippen molar-refractivity contribution in [2.24, 2.45) is 0 Å². The van der Waals surface area contributed by atoms with Crippen LogP contribution in [0.4, 0.5) is 0 Å². The molecular weight excluding hydrogens is 423 g/mol. The molecule has 0 atom stereocenters. The number of benzene rings is 1. The average molecular weight is 440 g/mol. The van der Waals surface area contributed by atoms with Gasteiger partial charge in [-0.05, 0) is 35.2 Å². The van der Waals surface area contributed by atoms with Gasteiger partial charge < -0.3 is 0 Å². The first-order valence-corrected chi connectivity index (χ1v) is 11.7. The van der Waals surface area contributed by atoms with E-state index in [-0.39, 0.29) is 6.71 Å². The highest BCUT2D eigenvalue weighted by atomic mass is 32.2. The lowest BCUT2D eigenvalue weighted by Crippen LogP contribution is -2.63. The maximum absolute atomic E-state index is 5.06. The average Bonchev–Trinajstić information content (AvgIpc) is 2.89.